The molecule has 0 amide bonds. The molecule has 1 nitrogen and oxygen atoms in total. The van der Waals surface area contributed by atoms with Crippen LogP contribution in [0, 0.1) is 11.8 Å². The van der Waals surface area contributed by atoms with Crippen LogP contribution in [0.3, 0.4) is 0 Å². The summed E-state index contributed by atoms with van der Waals surface area (Å²) < 4.78 is 6.14. The van der Waals surface area contributed by atoms with E-state index < -0.39 is 8.32 Å². The van der Waals surface area contributed by atoms with Gasteiger partial charge in [-0.3, -0.25) is 0 Å². The SMILES string of the molecule is C=CC1CC1CO[Si](C)(C)C(C)(C)C. The van der Waals surface area contributed by atoms with Gasteiger partial charge >= 0.3 is 0 Å². The van der Waals surface area contributed by atoms with E-state index in [0.717, 1.165) is 18.4 Å². The monoisotopic (exact) mass is 212 g/mol. The highest BCUT2D eigenvalue weighted by molar-refractivity contribution is 6.74. The number of hydrogen-bond donors (Lipinski definition) is 0. The van der Waals surface area contributed by atoms with Crippen molar-refractivity contribution in [2.75, 3.05) is 6.61 Å². The largest absolute Gasteiger partial charge is 0.417 e. The second-order valence-corrected chi connectivity index (χ2v) is 10.8. The molecule has 2 atom stereocenters. The zero-order valence-electron chi connectivity index (χ0n) is 10.3. The van der Waals surface area contributed by atoms with Gasteiger partial charge in [-0.15, -0.1) is 6.58 Å². The molecule has 0 aliphatic heterocycles. The van der Waals surface area contributed by atoms with Crippen molar-refractivity contribution in [2.45, 2.75) is 45.3 Å². The van der Waals surface area contributed by atoms with E-state index in [4.69, 9.17) is 4.43 Å². The molecule has 0 aromatic rings. The van der Waals surface area contributed by atoms with Gasteiger partial charge in [0.2, 0.25) is 0 Å². The molecule has 0 radical (unpaired) electrons. The van der Waals surface area contributed by atoms with Gasteiger partial charge in [-0.2, -0.15) is 0 Å². The van der Waals surface area contributed by atoms with E-state index in [1.54, 1.807) is 0 Å². The van der Waals surface area contributed by atoms with Gasteiger partial charge in [0, 0.05) is 6.61 Å². The van der Waals surface area contributed by atoms with Crippen LogP contribution in [0.4, 0.5) is 0 Å². The number of rotatable bonds is 4. The van der Waals surface area contributed by atoms with Crippen molar-refractivity contribution in [1.29, 1.82) is 0 Å². The minimum Gasteiger partial charge on any atom is -0.417 e. The highest BCUT2D eigenvalue weighted by Crippen LogP contribution is 2.42. The van der Waals surface area contributed by atoms with Gasteiger partial charge in [0.15, 0.2) is 8.32 Å². The summed E-state index contributed by atoms with van der Waals surface area (Å²) in [6.07, 6.45) is 3.36. The third-order valence-corrected chi connectivity index (χ3v) is 8.25. The number of allylic oxidation sites excluding steroid dienone is 1. The molecule has 1 aliphatic carbocycles. The van der Waals surface area contributed by atoms with Crippen LogP contribution >= 0.6 is 0 Å². The third-order valence-electron chi connectivity index (χ3n) is 3.74. The molecule has 0 spiro atoms. The van der Waals surface area contributed by atoms with E-state index in [0.29, 0.717) is 5.04 Å². The highest BCUT2D eigenvalue weighted by Gasteiger charge is 2.41. The highest BCUT2D eigenvalue weighted by atomic mass is 28.4. The van der Waals surface area contributed by atoms with Gasteiger partial charge in [0.1, 0.15) is 0 Å². The molecule has 0 N–H and O–H groups in total. The molecule has 2 heteroatoms. The van der Waals surface area contributed by atoms with Crippen LogP contribution in [-0.4, -0.2) is 14.9 Å². The lowest BCUT2D eigenvalue weighted by Crippen LogP contribution is -2.41. The summed E-state index contributed by atoms with van der Waals surface area (Å²) in [5, 5.41) is 0.339. The van der Waals surface area contributed by atoms with Crippen LogP contribution in [0.15, 0.2) is 12.7 Å². The zero-order chi connectivity index (χ0) is 11.0. The van der Waals surface area contributed by atoms with Crippen molar-refractivity contribution >= 4 is 8.32 Å². The number of hydrogen-bond acceptors (Lipinski definition) is 1. The third kappa shape index (κ3) is 2.70. The molecule has 0 aromatic heterocycles. The van der Waals surface area contributed by atoms with Gasteiger partial charge in [-0.1, -0.05) is 26.8 Å². The molecule has 82 valence electrons. The molecule has 1 fully saturated rings. The topological polar surface area (TPSA) is 9.23 Å². The summed E-state index contributed by atoms with van der Waals surface area (Å²) >= 11 is 0. The van der Waals surface area contributed by atoms with Crippen LogP contribution in [0.25, 0.3) is 0 Å². The normalized spacial score (nSPS) is 27.5. The quantitative estimate of drug-likeness (QED) is 0.508. The Labute approximate surface area is 89.7 Å². The first-order chi connectivity index (χ1) is 6.28. The molecule has 14 heavy (non-hydrogen) atoms. The first-order valence-corrected chi connectivity index (χ1v) is 8.45. The van der Waals surface area contributed by atoms with Crippen LogP contribution in [-0.2, 0) is 4.43 Å². The second-order valence-electron chi connectivity index (χ2n) is 5.97. The van der Waals surface area contributed by atoms with E-state index in [1.165, 1.54) is 6.42 Å². The van der Waals surface area contributed by atoms with E-state index in [9.17, 15) is 0 Å². The molecular weight excluding hydrogens is 188 g/mol. The van der Waals surface area contributed by atoms with Gasteiger partial charge in [-0.25, -0.2) is 0 Å². The van der Waals surface area contributed by atoms with Gasteiger partial charge in [-0.05, 0) is 36.4 Å². The maximum absolute atomic E-state index is 6.14. The molecule has 1 saturated carbocycles. The van der Waals surface area contributed by atoms with Crippen molar-refractivity contribution in [2.24, 2.45) is 11.8 Å². The summed E-state index contributed by atoms with van der Waals surface area (Å²) in [5.41, 5.74) is 0. The van der Waals surface area contributed by atoms with Crippen molar-refractivity contribution < 1.29 is 4.43 Å². The van der Waals surface area contributed by atoms with Crippen molar-refractivity contribution in [3.63, 3.8) is 0 Å². The van der Waals surface area contributed by atoms with Crippen LogP contribution in [0.5, 0.6) is 0 Å². The summed E-state index contributed by atoms with van der Waals surface area (Å²) in [5.74, 6) is 1.50. The Kier molecular flexibility index (Phi) is 3.27. The van der Waals surface area contributed by atoms with Crippen molar-refractivity contribution in [1.82, 2.24) is 0 Å². The average Bonchev–Trinajstić information content (AvgIpc) is 2.77. The van der Waals surface area contributed by atoms with Gasteiger partial charge in [0.25, 0.3) is 0 Å². The maximum Gasteiger partial charge on any atom is 0.191 e. The molecule has 0 heterocycles. The average molecular weight is 212 g/mol. The predicted molar refractivity (Wildman–Crippen MR) is 64.9 cm³/mol. The second kappa shape index (κ2) is 3.82. The summed E-state index contributed by atoms with van der Waals surface area (Å²) in [6, 6.07) is 0. The first kappa shape index (κ1) is 12.0. The minimum absolute atomic E-state index is 0.339. The van der Waals surface area contributed by atoms with Crippen molar-refractivity contribution in [3.05, 3.63) is 12.7 Å². The molecule has 2 unspecified atom stereocenters. The van der Waals surface area contributed by atoms with E-state index in [2.05, 4.69) is 46.5 Å². The lowest BCUT2D eigenvalue weighted by Gasteiger charge is -2.36. The van der Waals surface area contributed by atoms with Crippen LogP contribution in [0.1, 0.15) is 27.2 Å². The zero-order valence-corrected chi connectivity index (χ0v) is 11.3. The smallest absolute Gasteiger partial charge is 0.191 e. The first-order valence-electron chi connectivity index (χ1n) is 5.54. The summed E-state index contributed by atoms with van der Waals surface area (Å²) in [7, 11) is -1.50. The molecule has 0 bridgehead atoms. The molecule has 0 aromatic carbocycles. The summed E-state index contributed by atoms with van der Waals surface area (Å²) in [6.45, 7) is 16.3. The fourth-order valence-electron chi connectivity index (χ4n) is 1.28. The van der Waals surface area contributed by atoms with Crippen LogP contribution in [0.2, 0.25) is 18.1 Å². The van der Waals surface area contributed by atoms with Gasteiger partial charge in [0.05, 0.1) is 0 Å². The van der Waals surface area contributed by atoms with Crippen molar-refractivity contribution in [3.8, 4) is 0 Å². The Morgan fingerprint density at radius 2 is 2.00 bits per heavy atom. The lowest BCUT2D eigenvalue weighted by molar-refractivity contribution is 0.268. The minimum atomic E-state index is -1.50. The van der Waals surface area contributed by atoms with E-state index in [1.807, 2.05) is 0 Å². The Morgan fingerprint density at radius 1 is 1.43 bits per heavy atom. The lowest BCUT2D eigenvalue weighted by atomic mass is 10.2. The van der Waals surface area contributed by atoms with Crippen LogP contribution < -0.4 is 0 Å². The Morgan fingerprint density at radius 3 is 2.36 bits per heavy atom. The maximum atomic E-state index is 6.14. The Bertz CT molecular complexity index is 215. The molecular formula is C12H24OSi. The molecule has 1 rings (SSSR count). The summed E-state index contributed by atoms with van der Waals surface area (Å²) in [4.78, 5) is 0. The fourth-order valence-corrected chi connectivity index (χ4v) is 2.35. The molecule has 1 aliphatic rings. The predicted octanol–water partition coefficient (Wildman–Crippen LogP) is 3.83. The Balaban J connectivity index is 2.34. The van der Waals surface area contributed by atoms with E-state index >= 15 is 0 Å². The standard InChI is InChI=1S/C12H24OSi/c1-7-10-8-11(10)9-13-14(5,6)12(2,3)4/h7,10-11H,1,8-9H2,2-6H3. The van der Waals surface area contributed by atoms with Gasteiger partial charge < -0.3 is 4.43 Å². The molecule has 0 saturated heterocycles. The fraction of sp³-hybridized carbons (Fsp3) is 0.833. The Hall–Kier alpha value is -0.0831. The van der Waals surface area contributed by atoms with E-state index in [-0.39, 0.29) is 0 Å².